The second kappa shape index (κ2) is 7.28. The first-order chi connectivity index (χ1) is 13.4. The van der Waals surface area contributed by atoms with E-state index in [-0.39, 0.29) is 18.1 Å². The Morgan fingerprint density at radius 2 is 1.86 bits per heavy atom. The maximum Gasteiger partial charge on any atom is 0.272 e. The number of aromatic nitrogens is 2. The summed E-state index contributed by atoms with van der Waals surface area (Å²) in [6, 6.07) is 11.6. The number of rotatable bonds is 3. The fourth-order valence-electron chi connectivity index (χ4n) is 3.72. The lowest BCUT2D eigenvalue weighted by molar-refractivity contribution is -0.0588. The predicted molar refractivity (Wildman–Crippen MR) is 107 cm³/mol. The summed E-state index contributed by atoms with van der Waals surface area (Å²) in [5, 5.41) is 4.72. The van der Waals surface area contributed by atoms with Gasteiger partial charge in [-0.25, -0.2) is 4.68 Å². The van der Waals surface area contributed by atoms with Crippen molar-refractivity contribution >= 4 is 5.91 Å². The molecule has 4 rings (SSSR count). The number of morpholine rings is 1. The van der Waals surface area contributed by atoms with Crippen LogP contribution in [0.5, 0.6) is 0 Å². The molecule has 1 aliphatic heterocycles. The van der Waals surface area contributed by atoms with Gasteiger partial charge in [-0.3, -0.25) is 4.79 Å². The third-order valence-corrected chi connectivity index (χ3v) is 5.00. The van der Waals surface area contributed by atoms with E-state index >= 15 is 0 Å². The monoisotopic (exact) mass is 379 g/mol. The maximum absolute atomic E-state index is 13.4. The number of hydrogen-bond acceptors (Lipinski definition) is 4. The number of hydrogen-bond donors (Lipinski definition) is 0. The molecule has 6 heteroatoms. The highest BCUT2D eigenvalue weighted by Gasteiger charge is 2.30. The van der Waals surface area contributed by atoms with Crippen LogP contribution >= 0.6 is 0 Å². The smallest absolute Gasteiger partial charge is 0.272 e. The van der Waals surface area contributed by atoms with Crippen molar-refractivity contribution in [2.75, 3.05) is 13.1 Å². The Morgan fingerprint density at radius 3 is 2.54 bits per heavy atom. The number of carbonyl (C=O) groups is 1. The Balaban J connectivity index is 1.81. The van der Waals surface area contributed by atoms with Crippen LogP contribution in [0.25, 0.3) is 17.1 Å². The van der Waals surface area contributed by atoms with Gasteiger partial charge in [0.05, 0.1) is 24.2 Å². The summed E-state index contributed by atoms with van der Waals surface area (Å²) in [5.74, 6) is 0.593. The van der Waals surface area contributed by atoms with Crippen LogP contribution < -0.4 is 0 Å². The van der Waals surface area contributed by atoms with Gasteiger partial charge < -0.3 is 14.1 Å². The summed E-state index contributed by atoms with van der Waals surface area (Å²) in [6.07, 6.45) is 1.63. The summed E-state index contributed by atoms with van der Waals surface area (Å²) < 4.78 is 13.0. The predicted octanol–water partition coefficient (Wildman–Crippen LogP) is 4.00. The van der Waals surface area contributed by atoms with E-state index in [0.29, 0.717) is 30.2 Å². The average molecular weight is 379 g/mol. The Morgan fingerprint density at radius 1 is 1.11 bits per heavy atom. The fraction of sp³-hybridized carbons (Fsp3) is 0.364. The topological polar surface area (TPSA) is 60.5 Å². The lowest BCUT2D eigenvalue weighted by Gasteiger charge is -2.35. The molecule has 0 unspecified atom stereocenters. The van der Waals surface area contributed by atoms with Gasteiger partial charge in [0.25, 0.3) is 5.91 Å². The summed E-state index contributed by atoms with van der Waals surface area (Å²) >= 11 is 0. The number of furan rings is 1. The SMILES string of the molecule is Cc1ccc(C)c(-n2nc(-c3ccco3)cc2C(=O)N2C[C@@H](C)O[C@H](C)C2)c1. The molecule has 6 nitrogen and oxygen atoms in total. The molecule has 1 aliphatic rings. The summed E-state index contributed by atoms with van der Waals surface area (Å²) in [4.78, 5) is 15.3. The second-order valence-electron chi connectivity index (χ2n) is 7.56. The largest absolute Gasteiger partial charge is 0.463 e. The zero-order valence-electron chi connectivity index (χ0n) is 16.7. The standard InChI is InChI=1S/C22H25N3O3/c1-14-7-8-15(2)19(10-14)25-20(11-18(23-25)21-6-5-9-27-21)22(26)24-12-16(3)28-17(4)13-24/h5-11,16-17H,12-13H2,1-4H3/t16-,17-/m1/s1. The van der Waals surface area contributed by atoms with Crippen LogP contribution in [0.1, 0.15) is 35.5 Å². The Bertz CT molecular complexity index is 981. The van der Waals surface area contributed by atoms with Crippen molar-refractivity contribution in [1.29, 1.82) is 0 Å². The molecule has 0 aliphatic carbocycles. The van der Waals surface area contributed by atoms with E-state index < -0.39 is 0 Å². The highest BCUT2D eigenvalue weighted by molar-refractivity contribution is 5.94. The van der Waals surface area contributed by atoms with Crippen molar-refractivity contribution < 1.29 is 13.9 Å². The van der Waals surface area contributed by atoms with E-state index in [2.05, 4.69) is 12.1 Å². The Kier molecular flexibility index (Phi) is 4.81. The lowest BCUT2D eigenvalue weighted by atomic mass is 10.1. The van der Waals surface area contributed by atoms with E-state index in [9.17, 15) is 4.79 Å². The minimum Gasteiger partial charge on any atom is -0.463 e. The zero-order valence-corrected chi connectivity index (χ0v) is 16.7. The number of carbonyl (C=O) groups excluding carboxylic acids is 1. The van der Waals surface area contributed by atoms with E-state index in [1.54, 1.807) is 10.9 Å². The molecular formula is C22H25N3O3. The van der Waals surface area contributed by atoms with E-state index in [4.69, 9.17) is 14.3 Å². The van der Waals surface area contributed by atoms with Gasteiger partial charge in [0.15, 0.2) is 5.76 Å². The molecule has 0 bridgehead atoms. The summed E-state index contributed by atoms with van der Waals surface area (Å²) in [6.45, 7) is 9.18. The molecule has 1 saturated heterocycles. The van der Waals surface area contributed by atoms with Gasteiger partial charge in [0.1, 0.15) is 11.4 Å². The Labute approximate surface area is 164 Å². The van der Waals surface area contributed by atoms with Gasteiger partial charge in [-0.1, -0.05) is 12.1 Å². The van der Waals surface area contributed by atoms with Crippen molar-refractivity contribution in [3.8, 4) is 17.1 Å². The van der Waals surface area contributed by atoms with Crippen molar-refractivity contribution in [3.05, 3.63) is 59.5 Å². The molecule has 3 heterocycles. The van der Waals surface area contributed by atoms with Gasteiger partial charge in [-0.05, 0) is 57.0 Å². The molecule has 1 aromatic carbocycles. The second-order valence-corrected chi connectivity index (χ2v) is 7.56. The molecule has 0 spiro atoms. The minimum atomic E-state index is -0.0480. The van der Waals surface area contributed by atoms with Crippen LogP contribution in [0.3, 0.4) is 0 Å². The number of aryl methyl sites for hydroxylation is 2. The van der Waals surface area contributed by atoms with Crippen molar-refractivity contribution in [2.24, 2.45) is 0 Å². The molecule has 28 heavy (non-hydrogen) atoms. The molecule has 1 amide bonds. The van der Waals surface area contributed by atoms with Crippen LogP contribution in [-0.2, 0) is 4.74 Å². The van der Waals surface area contributed by atoms with Crippen LogP contribution in [0.15, 0.2) is 47.1 Å². The molecular weight excluding hydrogens is 354 g/mol. The van der Waals surface area contributed by atoms with Crippen molar-refractivity contribution in [3.63, 3.8) is 0 Å². The third kappa shape index (κ3) is 3.47. The third-order valence-electron chi connectivity index (χ3n) is 5.00. The minimum absolute atomic E-state index is 0.00863. The van der Waals surface area contributed by atoms with Gasteiger partial charge in [0, 0.05) is 19.2 Å². The van der Waals surface area contributed by atoms with E-state index in [1.807, 2.05) is 56.9 Å². The van der Waals surface area contributed by atoms with Crippen LogP contribution in [0.4, 0.5) is 0 Å². The van der Waals surface area contributed by atoms with Crippen LogP contribution in [0, 0.1) is 13.8 Å². The van der Waals surface area contributed by atoms with Crippen molar-refractivity contribution in [1.82, 2.24) is 14.7 Å². The van der Waals surface area contributed by atoms with Crippen LogP contribution in [0.2, 0.25) is 0 Å². The summed E-state index contributed by atoms with van der Waals surface area (Å²) in [5.41, 5.74) is 4.24. The fourth-order valence-corrected chi connectivity index (χ4v) is 3.72. The lowest BCUT2D eigenvalue weighted by Crippen LogP contribution is -2.48. The number of amides is 1. The first kappa shape index (κ1) is 18.5. The highest BCUT2D eigenvalue weighted by atomic mass is 16.5. The normalized spacial score (nSPS) is 19.8. The van der Waals surface area contributed by atoms with Crippen molar-refractivity contribution in [2.45, 2.75) is 39.9 Å². The molecule has 1 fully saturated rings. The quantitative estimate of drug-likeness (QED) is 0.690. The molecule has 2 aromatic heterocycles. The van der Waals surface area contributed by atoms with E-state index in [1.165, 1.54) is 0 Å². The highest BCUT2D eigenvalue weighted by Crippen LogP contribution is 2.26. The molecule has 0 N–H and O–H groups in total. The zero-order chi connectivity index (χ0) is 19.8. The van der Waals surface area contributed by atoms with Gasteiger partial charge in [-0.15, -0.1) is 0 Å². The summed E-state index contributed by atoms with van der Waals surface area (Å²) in [7, 11) is 0. The van der Waals surface area contributed by atoms with Crippen LogP contribution in [-0.4, -0.2) is 45.9 Å². The molecule has 146 valence electrons. The van der Waals surface area contributed by atoms with Gasteiger partial charge in [-0.2, -0.15) is 5.10 Å². The van der Waals surface area contributed by atoms with Gasteiger partial charge in [0.2, 0.25) is 0 Å². The average Bonchev–Trinajstić information content (AvgIpc) is 3.31. The molecule has 2 atom stereocenters. The maximum atomic E-state index is 13.4. The number of ether oxygens (including phenoxy) is 1. The molecule has 0 radical (unpaired) electrons. The first-order valence-corrected chi connectivity index (χ1v) is 9.58. The molecule has 3 aromatic rings. The van der Waals surface area contributed by atoms with Gasteiger partial charge >= 0.3 is 0 Å². The number of benzene rings is 1. The number of nitrogens with zero attached hydrogens (tertiary/aromatic N) is 3. The van der Waals surface area contributed by atoms with E-state index in [0.717, 1.165) is 16.8 Å². The molecule has 0 saturated carbocycles. The first-order valence-electron chi connectivity index (χ1n) is 9.58. The Hall–Kier alpha value is -2.86.